The van der Waals surface area contributed by atoms with Gasteiger partial charge >= 0.3 is 0 Å². The topological polar surface area (TPSA) is 52.8 Å². The molecule has 0 aliphatic rings. The van der Waals surface area contributed by atoms with E-state index in [2.05, 4.69) is 34.8 Å². The molecule has 0 saturated heterocycles. The fourth-order valence-corrected chi connectivity index (χ4v) is 1.37. The molecule has 0 aliphatic carbocycles. The summed E-state index contributed by atoms with van der Waals surface area (Å²) in [4.78, 5) is 10.5. The van der Waals surface area contributed by atoms with Crippen molar-refractivity contribution in [1.82, 2.24) is 9.97 Å². The summed E-state index contributed by atoms with van der Waals surface area (Å²) in [5.41, 5.74) is 1.04. The van der Waals surface area contributed by atoms with Gasteiger partial charge in [0.25, 0.3) is 0 Å². The lowest BCUT2D eigenvalue weighted by Crippen LogP contribution is -2.24. The predicted octanol–water partition coefficient (Wildman–Crippen LogP) is 1.78. The molecule has 1 aromatic rings. The number of nitriles is 1. The van der Waals surface area contributed by atoms with Crippen LogP contribution in [0.25, 0.3) is 0 Å². The van der Waals surface area contributed by atoms with Gasteiger partial charge in [-0.3, -0.25) is 0 Å². The molecule has 0 radical (unpaired) electrons. The molecule has 0 saturated carbocycles. The Morgan fingerprint density at radius 1 is 1.40 bits per heavy atom. The van der Waals surface area contributed by atoms with E-state index in [9.17, 15) is 0 Å². The molecule has 0 N–H and O–H groups in total. The van der Waals surface area contributed by atoms with Crippen LogP contribution in [0.2, 0.25) is 0 Å². The molecular formula is C11H16N4. The number of hydrogen-bond donors (Lipinski definition) is 0. The predicted molar refractivity (Wildman–Crippen MR) is 59.5 cm³/mol. The summed E-state index contributed by atoms with van der Waals surface area (Å²) in [6, 6.07) is 4.13. The van der Waals surface area contributed by atoms with Gasteiger partial charge in [0.1, 0.15) is 12.1 Å². The third-order valence-electron chi connectivity index (χ3n) is 2.27. The van der Waals surface area contributed by atoms with Gasteiger partial charge in [-0.15, -0.1) is 0 Å². The molecule has 0 unspecified atom stereocenters. The van der Waals surface area contributed by atoms with Crippen LogP contribution >= 0.6 is 0 Å². The highest BCUT2D eigenvalue weighted by Gasteiger charge is 2.05. The van der Waals surface area contributed by atoms with Crippen LogP contribution in [0.1, 0.15) is 26.0 Å². The van der Waals surface area contributed by atoms with Gasteiger partial charge in [-0.2, -0.15) is 5.26 Å². The smallest absolute Gasteiger partial charge is 0.132 e. The Kier molecular flexibility index (Phi) is 4.55. The molecule has 0 fully saturated rings. The average Bonchev–Trinajstić information content (AvgIpc) is 2.30. The van der Waals surface area contributed by atoms with Crippen molar-refractivity contribution >= 4 is 5.82 Å². The average molecular weight is 204 g/mol. The van der Waals surface area contributed by atoms with Gasteiger partial charge in [-0.05, 0) is 13.3 Å². The fourth-order valence-electron chi connectivity index (χ4n) is 1.37. The van der Waals surface area contributed by atoms with Crippen molar-refractivity contribution in [3.8, 4) is 6.07 Å². The first-order valence-electron chi connectivity index (χ1n) is 5.24. The molecule has 0 aromatic carbocycles. The summed E-state index contributed by atoms with van der Waals surface area (Å²) in [5.74, 6) is 0.916. The first kappa shape index (κ1) is 11.4. The molecular weight excluding hydrogens is 188 g/mol. The number of aromatic nitrogens is 2. The zero-order chi connectivity index (χ0) is 11.1. The zero-order valence-corrected chi connectivity index (χ0v) is 9.27. The summed E-state index contributed by atoms with van der Waals surface area (Å²) >= 11 is 0. The van der Waals surface area contributed by atoms with Crippen molar-refractivity contribution in [3.63, 3.8) is 0 Å². The minimum absolute atomic E-state index is 0.527. The Labute approximate surface area is 90.6 Å². The second-order valence-corrected chi connectivity index (χ2v) is 3.21. The molecule has 0 amide bonds. The number of nitrogens with zero attached hydrogens (tertiary/aromatic N) is 4. The summed E-state index contributed by atoms with van der Waals surface area (Å²) in [6.07, 6.45) is 3.02. The van der Waals surface area contributed by atoms with Gasteiger partial charge in [-0.25, -0.2) is 9.97 Å². The monoisotopic (exact) mass is 204 g/mol. The molecule has 1 heterocycles. The molecule has 15 heavy (non-hydrogen) atoms. The first-order valence-corrected chi connectivity index (χ1v) is 5.24. The molecule has 4 nitrogen and oxygen atoms in total. The van der Waals surface area contributed by atoms with E-state index >= 15 is 0 Å². The van der Waals surface area contributed by atoms with Gasteiger partial charge in [-0.1, -0.05) is 6.92 Å². The summed E-state index contributed by atoms with van der Waals surface area (Å²) in [7, 11) is 0. The lowest BCUT2D eigenvalue weighted by molar-refractivity contribution is 0.803. The highest BCUT2D eigenvalue weighted by molar-refractivity contribution is 5.38. The van der Waals surface area contributed by atoms with Crippen molar-refractivity contribution in [2.45, 2.75) is 26.7 Å². The molecule has 1 rings (SSSR count). The molecule has 4 heteroatoms. The first-order chi connectivity index (χ1) is 7.31. The van der Waals surface area contributed by atoms with Gasteiger partial charge in [0.05, 0.1) is 12.5 Å². The maximum Gasteiger partial charge on any atom is 0.132 e. The largest absolute Gasteiger partial charge is 0.356 e. The molecule has 0 aliphatic heterocycles. The Hall–Kier alpha value is -1.63. The van der Waals surface area contributed by atoms with Crippen molar-refractivity contribution < 1.29 is 0 Å². The standard InChI is InChI=1S/C11H16N4/c1-3-10-8-11(14-9-13-10)15(4-2)7-5-6-12/h8-9H,3-5,7H2,1-2H3. The third kappa shape index (κ3) is 3.21. The van der Waals surface area contributed by atoms with E-state index in [-0.39, 0.29) is 0 Å². The molecule has 80 valence electrons. The molecule has 0 spiro atoms. The second-order valence-electron chi connectivity index (χ2n) is 3.21. The highest BCUT2D eigenvalue weighted by atomic mass is 15.2. The molecule has 0 atom stereocenters. The quantitative estimate of drug-likeness (QED) is 0.733. The number of anilines is 1. The van der Waals surface area contributed by atoms with Gasteiger partial charge in [0, 0.05) is 24.8 Å². The number of hydrogen-bond acceptors (Lipinski definition) is 4. The minimum atomic E-state index is 0.527. The number of rotatable bonds is 5. The minimum Gasteiger partial charge on any atom is -0.356 e. The number of aryl methyl sites for hydroxylation is 1. The van der Waals surface area contributed by atoms with Crippen LogP contribution < -0.4 is 4.90 Å². The fraction of sp³-hybridized carbons (Fsp3) is 0.545. The lowest BCUT2D eigenvalue weighted by Gasteiger charge is -2.20. The maximum atomic E-state index is 8.55. The van der Waals surface area contributed by atoms with Crippen LogP contribution in [0.4, 0.5) is 5.82 Å². The van der Waals surface area contributed by atoms with Gasteiger partial charge in [0.15, 0.2) is 0 Å². The second kappa shape index (κ2) is 5.97. The maximum absolute atomic E-state index is 8.55. The van der Waals surface area contributed by atoms with Crippen LogP contribution in [0, 0.1) is 11.3 Å². The van der Waals surface area contributed by atoms with E-state index < -0.39 is 0 Å². The van der Waals surface area contributed by atoms with E-state index in [1.165, 1.54) is 0 Å². The van der Waals surface area contributed by atoms with Crippen molar-refractivity contribution in [1.29, 1.82) is 5.26 Å². The lowest BCUT2D eigenvalue weighted by atomic mass is 10.3. The van der Waals surface area contributed by atoms with Gasteiger partial charge in [0.2, 0.25) is 0 Å². The van der Waals surface area contributed by atoms with Crippen molar-refractivity contribution in [3.05, 3.63) is 18.1 Å². The van der Waals surface area contributed by atoms with E-state index in [0.29, 0.717) is 6.42 Å². The summed E-state index contributed by atoms with van der Waals surface area (Å²) in [6.45, 7) is 5.72. The van der Waals surface area contributed by atoms with Crippen LogP contribution in [0.3, 0.4) is 0 Å². The molecule has 0 bridgehead atoms. The Morgan fingerprint density at radius 3 is 2.80 bits per heavy atom. The Bertz CT molecular complexity index is 343. The van der Waals surface area contributed by atoms with Crippen LogP contribution in [0.5, 0.6) is 0 Å². The van der Waals surface area contributed by atoms with Crippen molar-refractivity contribution in [2.75, 3.05) is 18.0 Å². The van der Waals surface area contributed by atoms with Crippen LogP contribution in [0.15, 0.2) is 12.4 Å². The van der Waals surface area contributed by atoms with Crippen LogP contribution in [-0.4, -0.2) is 23.1 Å². The third-order valence-corrected chi connectivity index (χ3v) is 2.27. The van der Waals surface area contributed by atoms with E-state index in [1.54, 1.807) is 6.33 Å². The SMILES string of the molecule is CCc1cc(N(CC)CCC#N)ncn1. The van der Waals surface area contributed by atoms with E-state index in [1.807, 2.05) is 6.07 Å². The summed E-state index contributed by atoms with van der Waals surface area (Å²) in [5, 5.41) is 8.55. The highest BCUT2D eigenvalue weighted by Crippen LogP contribution is 2.11. The molecule has 1 aromatic heterocycles. The zero-order valence-electron chi connectivity index (χ0n) is 9.27. The van der Waals surface area contributed by atoms with E-state index in [0.717, 1.165) is 31.0 Å². The van der Waals surface area contributed by atoms with Crippen LogP contribution in [-0.2, 0) is 6.42 Å². The normalized spacial score (nSPS) is 9.67. The van der Waals surface area contributed by atoms with E-state index in [4.69, 9.17) is 5.26 Å². The Balaban J connectivity index is 2.77. The Morgan fingerprint density at radius 2 is 2.20 bits per heavy atom. The summed E-state index contributed by atoms with van der Waals surface area (Å²) < 4.78 is 0. The van der Waals surface area contributed by atoms with Gasteiger partial charge < -0.3 is 4.90 Å². The van der Waals surface area contributed by atoms with Crippen molar-refractivity contribution in [2.24, 2.45) is 0 Å².